The van der Waals surface area contributed by atoms with Crippen LogP contribution in [0.25, 0.3) is 5.65 Å². The van der Waals surface area contributed by atoms with Crippen LogP contribution in [0, 0.1) is 6.92 Å². The van der Waals surface area contributed by atoms with Crippen molar-refractivity contribution in [3.8, 4) is 0 Å². The predicted molar refractivity (Wildman–Crippen MR) is 91.5 cm³/mol. The Morgan fingerprint density at radius 3 is 2.68 bits per heavy atom. The predicted octanol–water partition coefficient (Wildman–Crippen LogP) is 0.612. The fourth-order valence-electron chi connectivity index (χ4n) is 3.09. The molecular formula is C16H20N8O. The van der Waals surface area contributed by atoms with Crippen molar-refractivity contribution in [1.29, 1.82) is 0 Å². The molecule has 1 saturated heterocycles. The maximum Gasteiger partial charge on any atom is 0.274 e. The number of carbonyl (C=O) groups is 1. The van der Waals surface area contributed by atoms with E-state index in [9.17, 15) is 4.79 Å². The molecule has 1 fully saturated rings. The van der Waals surface area contributed by atoms with E-state index in [0.717, 1.165) is 23.8 Å². The Bertz CT molecular complexity index is 906. The van der Waals surface area contributed by atoms with Gasteiger partial charge in [0.1, 0.15) is 11.5 Å². The molecule has 9 heteroatoms. The van der Waals surface area contributed by atoms with Gasteiger partial charge < -0.3 is 9.80 Å². The Balaban J connectivity index is 1.48. The molecule has 4 heterocycles. The van der Waals surface area contributed by atoms with Gasteiger partial charge in [-0.3, -0.25) is 13.9 Å². The second-order valence-corrected chi connectivity index (χ2v) is 6.03. The van der Waals surface area contributed by atoms with Gasteiger partial charge in [-0.2, -0.15) is 5.10 Å². The van der Waals surface area contributed by atoms with Crippen LogP contribution in [0.1, 0.15) is 23.2 Å². The summed E-state index contributed by atoms with van der Waals surface area (Å²) in [4.78, 5) is 21.0. The first-order chi connectivity index (χ1) is 12.2. The number of aromatic nitrogens is 6. The van der Waals surface area contributed by atoms with Crippen molar-refractivity contribution in [3.63, 3.8) is 0 Å². The highest BCUT2D eigenvalue weighted by Gasteiger charge is 2.25. The fourth-order valence-corrected chi connectivity index (χ4v) is 3.09. The Morgan fingerprint density at radius 1 is 1.16 bits per heavy atom. The molecule has 0 spiro atoms. The number of nitrogens with zero attached hydrogens (tertiary/aromatic N) is 8. The zero-order valence-electron chi connectivity index (χ0n) is 14.3. The number of anilines is 1. The second kappa shape index (κ2) is 6.15. The first-order valence-corrected chi connectivity index (χ1v) is 8.41. The molecule has 0 unspecified atom stereocenters. The van der Waals surface area contributed by atoms with Gasteiger partial charge in [0.2, 0.25) is 5.65 Å². The fraction of sp³-hybridized carbons (Fsp3) is 0.438. The number of hydrogen-bond donors (Lipinski definition) is 0. The third kappa shape index (κ3) is 2.71. The average Bonchev–Trinajstić information content (AvgIpc) is 3.28. The van der Waals surface area contributed by atoms with Crippen LogP contribution in [0.5, 0.6) is 0 Å². The van der Waals surface area contributed by atoms with E-state index < -0.39 is 0 Å². The lowest BCUT2D eigenvalue weighted by Gasteiger charge is -2.35. The smallest absolute Gasteiger partial charge is 0.274 e. The minimum atomic E-state index is -0.0173. The van der Waals surface area contributed by atoms with Gasteiger partial charge in [-0.25, -0.2) is 4.98 Å². The summed E-state index contributed by atoms with van der Waals surface area (Å²) in [6.45, 7) is 7.35. The van der Waals surface area contributed by atoms with Gasteiger partial charge >= 0.3 is 0 Å². The third-order valence-corrected chi connectivity index (χ3v) is 4.53. The molecule has 25 heavy (non-hydrogen) atoms. The van der Waals surface area contributed by atoms with Crippen molar-refractivity contribution in [3.05, 3.63) is 36.2 Å². The Labute approximate surface area is 144 Å². The lowest BCUT2D eigenvalue weighted by molar-refractivity contribution is 0.0739. The third-order valence-electron chi connectivity index (χ3n) is 4.53. The summed E-state index contributed by atoms with van der Waals surface area (Å²) in [5.41, 5.74) is 1.25. The number of fused-ring (bicyclic) bond motifs is 1. The molecule has 0 aliphatic carbocycles. The maximum atomic E-state index is 12.6. The number of amides is 1. The normalized spacial score (nSPS) is 15.1. The van der Waals surface area contributed by atoms with Gasteiger partial charge in [-0.15, -0.1) is 10.2 Å². The molecule has 3 aromatic heterocycles. The number of rotatable bonds is 3. The molecule has 4 rings (SSSR count). The molecule has 1 aliphatic heterocycles. The van der Waals surface area contributed by atoms with Crippen LogP contribution < -0.4 is 4.90 Å². The molecule has 0 bridgehead atoms. The van der Waals surface area contributed by atoms with Crippen LogP contribution in [-0.4, -0.2) is 66.3 Å². The van der Waals surface area contributed by atoms with Crippen molar-refractivity contribution >= 4 is 17.4 Å². The molecule has 1 amide bonds. The molecule has 0 radical (unpaired) electrons. The van der Waals surface area contributed by atoms with Gasteiger partial charge in [-0.05, 0) is 19.9 Å². The van der Waals surface area contributed by atoms with Crippen LogP contribution in [0.2, 0.25) is 0 Å². The number of piperazine rings is 1. The highest BCUT2D eigenvalue weighted by molar-refractivity contribution is 5.92. The van der Waals surface area contributed by atoms with Crippen LogP contribution in [0.4, 0.5) is 5.82 Å². The van der Waals surface area contributed by atoms with E-state index in [0.29, 0.717) is 31.9 Å². The number of aryl methyl sites for hydroxylation is 2. The number of hydrogen-bond acceptors (Lipinski definition) is 6. The monoisotopic (exact) mass is 340 g/mol. The summed E-state index contributed by atoms with van der Waals surface area (Å²) in [6, 6.07) is 1.78. The molecular weight excluding hydrogens is 320 g/mol. The summed E-state index contributed by atoms with van der Waals surface area (Å²) in [5, 5.41) is 12.6. The first kappa shape index (κ1) is 15.6. The summed E-state index contributed by atoms with van der Waals surface area (Å²) < 4.78 is 3.69. The molecule has 130 valence electrons. The lowest BCUT2D eigenvalue weighted by atomic mass is 10.2. The van der Waals surface area contributed by atoms with Gasteiger partial charge in [0.25, 0.3) is 5.91 Å². The van der Waals surface area contributed by atoms with Crippen LogP contribution in [0.3, 0.4) is 0 Å². The van der Waals surface area contributed by atoms with Crippen LogP contribution >= 0.6 is 0 Å². The summed E-state index contributed by atoms with van der Waals surface area (Å²) >= 11 is 0. The van der Waals surface area contributed by atoms with E-state index in [1.54, 1.807) is 16.9 Å². The SMILES string of the molecule is CCn1ccc(C(=O)N2CCN(c3nccn4c(C)nnc34)CC2)n1. The van der Waals surface area contributed by atoms with Gasteiger partial charge in [-0.1, -0.05) is 0 Å². The molecule has 0 atom stereocenters. The number of carbonyl (C=O) groups excluding carboxylic acids is 1. The molecule has 3 aromatic rings. The van der Waals surface area contributed by atoms with Gasteiger partial charge in [0, 0.05) is 51.3 Å². The van der Waals surface area contributed by atoms with Crippen LogP contribution in [-0.2, 0) is 6.54 Å². The van der Waals surface area contributed by atoms with Crippen molar-refractivity contribution < 1.29 is 4.79 Å². The van der Waals surface area contributed by atoms with E-state index in [1.165, 1.54) is 0 Å². The van der Waals surface area contributed by atoms with Crippen molar-refractivity contribution in [2.75, 3.05) is 31.1 Å². The van der Waals surface area contributed by atoms with Gasteiger partial charge in [0.05, 0.1) is 0 Å². The molecule has 0 N–H and O–H groups in total. The minimum absolute atomic E-state index is 0.0173. The van der Waals surface area contributed by atoms with E-state index in [-0.39, 0.29) is 5.91 Å². The zero-order chi connectivity index (χ0) is 17.4. The van der Waals surface area contributed by atoms with E-state index in [2.05, 4.69) is 25.2 Å². The summed E-state index contributed by atoms with van der Waals surface area (Å²) in [7, 11) is 0. The van der Waals surface area contributed by atoms with Gasteiger partial charge in [0.15, 0.2) is 5.82 Å². The molecule has 9 nitrogen and oxygen atoms in total. The molecule has 1 aliphatic rings. The Morgan fingerprint density at radius 2 is 1.96 bits per heavy atom. The summed E-state index contributed by atoms with van der Waals surface area (Å²) in [5.74, 6) is 1.63. The average molecular weight is 340 g/mol. The highest BCUT2D eigenvalue weighted by Crippen LogP contribution is 2.19. The Kier molecular flexibility index (Phi) is 3.83. The van der Waals surface area contributed by atoms with Crippen molar-refractivity contribution in [2.24, 2.45) is 0 Å². The highest BCUT2D eigenvalue weighted by atomic mass is 16.2. The quantitative estimate of drug-likeness (QED) is 0.695. The zero-order valence-corrected chi connectivity index (χ0v) is 14.3. The minimum Gasteiger partial charge on any atom is -0.350 e. The standard InChI is InChI=1S/C16H20N8O/c1-3-23-6-4-13(20-23)16(25)22-10-8-21(9-11-22)14-15-19-18-12(2)24(15)7-5-17-14/h4-7H,3,8-11H2,1-2H3. The largest absolute Gasteiger partial charge is 0.350 e. The van der Waals surface area contributed by atoms with E-state index in [4.69, 9.17) is 0 Å². The molecule has 0 aromatic carbocycles. The second-order valence-electron chi connectivity index (χ2n) is 6.03. The van der Waals surface area contributed by atoms with E-state index in [1.807, 2.05) is 35.5 Å². The maximum absolute atomic E-state index is 12.6. The Hall–Kier alpha value is -2.97. The molecule has 0 saturated carbocycles. The van der Waals surface area contributed by atoms with Crippen LogP contribution in [0.15, 0.2) is 24.7 Å². The summed E-state index contributed by atoms with van der Waals surface area (Å²) in [6.07, 6.45) is 5.45. The first-order valence-electron chi connectivity index (χ1n) is 8.41. The topological polar surface area (TPSA) is 84.5 Å². The van der Waals surface area contributed by atoms with Crippen molar-refractivity contribution in [1.82, 2.24) is 34.3 Å². The van der Waals surface area contributed by atoms with Crippen molar-refractivity contribution in [2.45, 2.75) is 20.4 Å². The van der Waals surface area contributed by atoms with E-state index >= 15 is 0 Å². The lowest BCUT2D eigenvalue weighted by Crippen LogP contribution is -2.49.